The quantitative estimate of drug-likeness (QED) is 0.359. The van der Waals surface area contributed by atoms with Gasteiger partial charge in [0.1, 0.15) is 0 Å². The van der Waals surface area contributed by atoms with Crippen molar-refractivity contribution in [3.8, 4) is 0 Å². The molecule has 0 aromatic heterocycles. The van der Waals surface area contributed by atoms with Crippen molar-refractivity contribution in [2.45, 2.75) is 0 Å². The van der Waals surface area contributed by atoms with Crippen molar-refractivity contribution in [2.24, 2.45) is 0 Å². The molecule has 0 fully saturated rings. The van der Waals surface area contributed by atoms with E-state index in [0.29, 0.717) is 43.2 Å². The first kappa shape index (κ1) is 12.3. The fourth-order valence-corrected chi connectivity index (χ4v) is 2.87. The summed E-state index contributed by atoms with van der Waals surface area (Å²) >= 11 is 2.07. The molecule has 0 aromatic rings. The molecule has 8 heavy (non-hydrogen) atoms. The second-order valence-electron chi connectivity index (χ2n) is 2.61. The predicted molar refractivity (Wildman–Crippen MR) is 23.5 cm³/mol. The standard InChI is InChI=1S/C3H7N2.3Ra.3H/c1-5-3-2-4;;;;;;/h2-3H2,1H3;;;;;;/q-1;;;+1;;;. The van der Waals surface area contributed by atoms with Crippen LogP contribution in [0.3, 0.4) is 0 Å². The molecule has 0 bridgehead atoms. The Morgan fingerprint density at radius 2 is 1.62 bits per heavy atom. The van der Waals surface area contributed by atoms with Crippen molar-refractivity contribution < 1.29 is 130 Å². The Hall–Kier alpha value is 4.32. The summed E-state index contributed by atoms with van der Waals surface area (Å²) in [5, 5.41) is 0. The topological polar surface area (TPSA) is 6.48 Å². The van der Waals surface area contributed by atoms with Gasteiger partial charge >= 0.3 is 146 Å². The molecule has 0 saturated heterocycles. The second-order valence-corrected chi connectivity index (χ2v) is 51.6. The van der Waals surface area contributed by atoms with Crippen LogP contribution < -0.4 is 0 Å². The van der Waals surface area contributed by atoms with Crippen LogP contribution in [0.5, 0.6) is 0 Å². The van der Waals surface area contributed by atoms with Gasteiger partial charge in [0.2, 0.25) is 0 Å². The van der Waals surface area contributed by atoms with Crippen molar-refractivity contribution in [3.63, 3.8) is 0 Å². The molecule has 38 valence electrons. The molecule has 0 unspecified atom stereocenters. The Morgan fingerprint density at radius 3 is 1.75 bits per heavy atom. The Kier molecular flexibility index (Phi) is 12.2. The second kappa shape index (κ2) is 7.95. The van der Waals surface area contributed by atoms with Crippen molar-refractivity contribution in [2.75, 3.05) is 20.1 Å². The average molecular weight is 752 g/mol. The van der Waals surface area contributed by atoms with E-state index in [1.807, 2.05) is 0 Å². The first-order valence-electron chi connectivity index (χ1n) is 2.92. The third kappa shape index (κ3) is 10.3. The molecule has 0 aliphatic heterocycles. The van der Waals surface area contributed by atoms with E-state index in [-0.39, 0.29) is 0 Å². The first-order chi connectivity index (χ1) is 3.63. The number of hydrogen-bond donors (Lipinski definition) is 0. The minimum atomic E-state index is 0.641. The zero-order valence-electron chi connectivity index (χ0n) is 6.31. The van der Waals surface area contributed by atoms with Crippen molar-refractivity contribution in [1.29, 1.82) is 0 Å². The fourth-order valence-electron chi connectivity index (χ4n) is 0.400. The maximum absolute atomic E-state index is 2.68. The molecule has 0 aliphatic rings. The summed E-state index contributed by atoms with van der Waals surface area (Å²) in [7, 11) is 2.24. The molecular formula is C3H10N2Ra3. The van der Waals surface area contributed by atoms with Gasteiger partial charge in [-0.25, -0.2) is 0 Å². The van der Waals surface area contributed by atoms with Crippen LogP contribution in [0.2, 0.25) is 0 Å². The Morgan fingerprint density at radius 1 is 1.12 bits per heavy atom. The molecule has 0 atom stereocenters. The van der Waals surface area contributed by atoms with Crippen LogP contribution in [0.25, 0.3) is 0 Å². The van der Waals surface area contributed by atoms with E-state index in [9.17, 15) is 0 Å². The molecule has 0 aliphatic carbocycles. The molecular weight excluding hydrogens is 742 g/mol. The van der Waals surface area contributed by atoms with E-state index in [2.05, 4.69) is 3.44 Å². The van der Waals surface area contributed by atoms with Gasteiger partial charge in [-0.1, -0.05) is 0 Å². The zero-order valence-corrected chi connectivity index (χ0v) is 31.0. The molecule has 0 saturated carbocycles. The van der Waals surface area contributed by atoms with Crippen molar-refractivity contribution in [3.05, 3.63) is 0 Å². The van der Waals surface area contributed by atoms with Crippen molar-refractivity contribution in [1.82, 2.24) is -3.61 Å². The molecule has 5 heteroatoms. The molecule has 0 radical (unpaired) electrons. The SMILES string of the molecule is C[N]([RaH])CC[N]([RaH])[RaH]. The van der Waals surface area contributed by atoms with Gasteiger partial charge in [-0.2, -0.15) is 0 Å². The number of likely N-dealkylation sites (N-methyl/N-ethyl adjacent to an activating group) is 1. The number of rotatable bonds is 3. The third-order valence-corrected chi connectivity index (χ3v) is 6.51. The normalized spacial score (nSPS) is 10.5. The first-order valence-corrected chi connectivity index (χ1v) is 13.9. The van der Waals surface area contributed by atoms with Gasteiger partial charge in [0.15, 0.2) is 0 Å². The van der Waals surface area contributed by atoms with Crippen LogP contribution in [0.15, 0.2) is 0 Å². The van der Waals surface area contributed by atoms with E-state index in [4.69, 9.17) is 0 Å². The summed E-state index contributed by atoms with van der Waals surface area (Å²) in [6.45, 7) is 2.77. The summed E-state index contributed by atoms with van der Waals surface area (Å²) in [6.07, 6.45) is 0. The summed E-state index contributed by atoms with van der Waals surface area (Å²) in [5.41, 5.74) is 0. The van der Waals surface area contributed by atoms with Gasteiger partial charge < -0.3 is 0 Å². The molecule has 0 rings (SSSR count). The summed E-state index contributed by atoms with van der Waals surface area (Å²) in [4.78, 5) is 0. The van der Waals surface area contributed by atoms with Gasteiger partial charge in [-0.3, -0.25) is 0 Å². The van der Waals surface area contributed by atoms with E-state index in [1.165, 1.54) is 13.1 Å². The van der Waals surface area contributed by atoms with E-state index in [1.54, 1.807) is 0 Å². The van der Waals surface area contributed by atoms with Crippen LogP contribution in [0, 0.1) is 130 Å². The van der Waals surface area contributed by atoms with Gasteiger partial charge in [0.25, 0.3) is 0 Å². The van der Waals surface area contributed by atoms with E-state index in [0.717, 1.165) is 86.4 Å². The number of hydrogen-bond acceptors (Lipinski definition) is 2. The molecule has 0 amide bonds. The average Bonchev–Trinajstić information content (AvgIpc) is 1.61. The zero-order chi connectivity index (χ0) is 6.57. The van der Waals surface area contributed by atoms with Gasteiger partial charge in [-0.05, 0) is 0 Å². The van der Waals surface area contributed by atoms with Gasteiger partial charge in [0.05, 0.1) is 0 Å². The molecule has 0 heterocycles. The Balaban J connectivity index is 2.93. The Bertz CT molecular complexity index is 48.5. The van der Waals surface area contributed by atoms with E-state index < -0.39 is 0 Å². The molecule has 0 spiro atoms. The summed E-state index contributed by atoms with van der Waals surface area (Å²) in [6, 6.07) is 0. The molecule has 0 aromatic carbocycles. The fraction of sp³-hybridized carbons (Fsp3) is 1.00. The van der Waals surface area contributed by atoms with Crippen molar-refractivity contribution >= 4 is 0 Å². The van der Waals surface area contributed by atoms with Crippen LogP contribution in [-0.2, 0) is 0 Å². The molecule has 2 nitrogen and oxygen atoms in total. The predicted octanol–water partition coefficient (Wildman–Crippen LogP) is -1.19. The van der Waals surface area contributed by atoms with Crippen LogP contribution in [0.4, 0.5) is 0 Å². The summed E-state index contributed by atoms with van der Waals surface area (Å²) < 4.78 is 5.16. The maximum atomic E-state index is 2.68. The monoisotopic (exact) mass is 752 g/mol. The number of nitrogens with zero attached hydrogens (tertiary/aromatic N) is 2. The van der Waals surface area contributed by atoms with Gasteiger partial charge in [-0.15, -0.1) is 0 Å². The Labute approximate surface area is 141 Å². The minimum absolute atomic E-state index is 0.641. The molecule has 0 N–H and O–H groups in total. The van der Waals surface area contributed by atoms with E-state index >= 15 is 0 Å². The van der Waals surface area contributed by atoms with Crippen LogP contribution >= 0.6 is 0 Å². The van der Waals surface area contributed by atoms with Gasteiger partial charge in [0, 0.05) is 0 Å². The third-order valence-electron chi connectivity index (χ3n) is 0.994. The van der Waals surface area contributed by atoms with Crippen LogP contribution in [0.1, 0.15) is 0 Å². The summed E-state index contributed by atoms with van der Waals surface area (Å²) in [5.74, 6) is 0. The van der Waals surface area contributed by atoms with Crippen LogP contribution in [-0.4, -0.2) is 16.5 Å².